The fourth-order valence-corrected chi connectivity index (χ4v) is 2.33. The Morgan fingerprint density at radius 1 is 1.07 bits per heavy atom. The highest BCUT2D eigenvalue weighted by atomic mass is 19.1. The Balaban J connectivity index is 1.89. The molecule has 0 bridgehead atoms. The van der Waals surface area contributed by atoms with E-state index in [4.69, 9.17) is 13.9 Å². The van der Waals surface area contributed by atoms with Crippen LogP contribution in [0.5, 0.6) is 11.5 Å². The Morgan fingerprint density at radius 3 is 2.59 bits per heavy atom. The molecule has 3 aromatic rings. The van der Waals surface area contributed by atoms with Crippen LogP contribution in [-0.2, 0) is 0 Å². The van der Waals surface area contributed by atoms with E-state index in [0.29, 0.717) is 5.75 Å². The van der Waals surface area contributed by atoms with E-state index in [9.17, 15) is 14.0 Å². The van der Waals surface area contributed by atoms with Crippen molar-refractivity contribution in [3.8, 4) is 11.5 Å². The molecule has 0 atom stereocenters. The summed E-state index contributed by atoms with van der Waals surface area (Å²) in [6, 6.07) is 13.5. The summed E-state index contributed by atoms with van der Waals surface area (Å²) >= 11 is 0. The monoisotopic (exact) mass is 366 g/mol. The molecule has 0 spiro atoms. The van der Waals surface area contributed by atoms with E-state index < -0.39 is 17.6 Å². The summed E-state index contributed by atoms with van der Waals surface area (Å²) in [5, 5.41) is 0. The lowest BCUT2D eigenvalue weighted by molar-refractivity contribution is 0.0699. The quantitative estimate of drug-likeness (QED) is 0.277. The van der Waals surface area contributed by atoms with Gasteiger partial charge >= 0.3 is 5.97 Å². The van der Waals surface area contributed by atoms with Crippen molar-refractivity contribution < 1.29 is 27.9 Å². The molecule has 1 heterocycles. The van der Waals surface area contributed by atoms with Gasteiger partial charge in [0.25, 0.3) is 0 Å². The first-order chi connectivity index (χ1) is 13.1. The zero-order valence-corrected chi connectivity index (χ0v) is 14.3. The maximum absolute atomic E-state index is 13.7. The zero-order valence-electron chi connectivity index (χ0n) is 14.3. The Morgan fingerprint density at radius 2 is 1.89 bits per heavy atom. The van der Waals surface area contributed by atoms with E-state index in [2.05, 4.69) is 0 Å². The van der Waals surface area contributed by atoms with Gasteiger partial charge in [-0.3, -0.25) is 4.79 Å². The minimum Gasteiger partial charge on any atom is -0.497 e. The lowest BCUT2D eigenvalue weighted by Gasteiger charge is -2.09. The van der Waals surface area contributed by atoms with Crippen LogP contribution in [0.4, 0.5) is 4.39 Å². The number of benzene rings is 2. The lowest BCUT2D eigenvalue weighted by Crippen LogP contribution is -2.10. The summed E-state index contributed by atoms with van der Waals surface area (Å²) in [5.74, 6) is -1.20. The molecular formula is C21H15FO5. The SMILES string of the molecule is COc1ccc(OC(=O)c2ccco2)c(C(=O)C=Cc2ccccc2F)c1. The molecule has 27 heavy (non-hydrogen) atoms. The number of halogens is 1. The summed E-state index contributed by atoms with van der Waals surface area (Å²) in [5.41, 5.74) is 0.365. The van der Waals surface area contributed by atoms with Crippen molar-refractivity contribution in [1.82, 2.24) is 0 Å². The fraction of sp³-hybridized carbons (Fsp3) is 0.0476. The van der Waals surface area contributed by atoms with Gasteiger partial charge in [0.15, 0.2) is 5.78 Å². The highest BCUT2D eigenvalue weighted by Crippen LogP contribution is 2.26. The first-order valence-electron chi connectivity index (χ1n) is 7.99. The molecule has 0 aliphatic carbocycles. The second-order valence-electron chi connectivity index (χ2n) is 5.45. The molecule has 0 radical (unpaired) electrons. The molecule has 0 fully saturated rings. The van der Waals surface area contributed by atoms with E-state index in [-0.39, 0.29) is 22.6 Å². The van der Waals surface area contributed by atoms with Gasteiger partial charge in [0.05, 0.1) is 18.9 Å². The smallest absolute Gasteiger partial charge is 0.379 e. The molecule has 0 aliphatic rings. The third-order valence-corrected chi connectivity index (χ3v) is 3.70. The van der Waals surface area contributed by atoms with Crippen molar-refractivity contribution in [1.29, 1.82) is 0 Å². The third kappa shape index (κ3) is 4.30. The van der Waals surface area contributed by atoms with Crippen LogP contribution in [0, 0.1) is 5.82 Å². The number of furan rings is 1. The Labute approximate surface area is 154 Å². The number of esters is 1. The number of ketones is 1. The number of hydrogen-bond donors (Lipinski definition) is 0. The summed E-state index contributed by atoms with van der Waals surface area (Å²) in [7, 11) is 1.45. The number of allylic oxidation sites excluding steroid dienone is 1. The Kier molecular flexibility index (Phi) is 5.47. The number of rotatable bonds is 6. The molecule has 0 unspecified atom stereocenters. The van der Waals surface area contributed by atoms with Crippen LogP contribution in [0.15, 0.2) is 71.4 Å². The lowest BCUT2D eigenvalue weighted by atomic mass is 10.1. The first-order valence-corrected chi connectivity index (χ1v) is 7.99. The third-order valence-electron chi connectivity index (χ3n) is 3.70. The molecular weight excluding hydrogens is 351 g/mol. The highest BCUT2D eigenvalue weighted by Gasteiger charge is 2.18. The van der Waals surface area contributed by atoms with Gasteiger partial charge in [-0.25, -0.2) is 9.18 Å². The average Bonchev–Trinajstić information content (AvgIpc) is 3.22. The Hall–Kier alpha value is -3.67. The topological polar surface area (TPSA) is 65.7 Å². The highest BCUT2D eigenvalue weighted by molar-refractivity contribution is 6.09. The molecule has 1 aromatic heterocycles. The number of carbonyl (C=O) groups is 2. The minimum absolute atomic E-state index is 0.00566. The van der Waals surface area contributed by atoms with E-state index in [1.165, 1.54) is 49.8 Å². The zero-order chi connectivity index (χ0) is 19.2. The van der Waals surface area contributed by atoms with Crippen LogP contribution in [0.2, 0.25) is 0 Å². The summed E-state index contributed by atoms with van der Waals surface area (Å²) in [4.78, 5) is 24.7. The summed E-state index contributed by atoms with van der Waals surface area (Å²) in [6.45, 7) is 0. The van der Waals surface area contributed by atoms with Gasteiger partial charge in [0.2, 0.25) is 5.76 Å². The Bertz CT molecular complexity index is 990. The van der Waals surface area contributed by atoms with Crippen molar-refractivity contribution in [2.45, 2.75) is 0 Å². The standard InChI is InChI=1S/C21H15FO5/c1-25-15-9-11-19(27-21(24)20-7-4-12-26-20)16(13-15)18(23)10-8-14-5-2-3-6-17(14)22/h2-13H,1H3. The van der Waals surface area contributed by atoms with E-state index in [1.807, 2.05) is 0 Å². The van der Waals surface area contributed by atoms with Crippen molar-refractivity contribution >= 4 is 17.8 Å². The summed E-state index contributed by atoms with van der Waals surface area (Å²) < 4.78 is 29.1. The molecule has 2 aromatic carbocycles. The second kappa shape index (κ2) is 8.14. The molecule has 136 valence electrons. The van der Waals surface area contributed by atoms with Crippen molar-refractivity contribution in [2.75, 3.05) is 7.11 Å². The van der Waals surface area contributed by atoms with Gasteiger partial charge in [-0.15, -0.1) is 0 Å². The number of carbonyl (C=O) groups excluding carboxylic acids is 2. The molecule has 0 saturated heterocycles. The largest absolute Gasteiger partial charge is 0.497 e. The molecule has 0 aliphatic heterocycles. The normalized spacial score (nSPS) is 10.7. The molecule has 5 nitrogen and oxygen atoms in total. The van der Waals surface area contributed by atoms with Gasteiger partial charge in [-0.05, 0) is 48.6 Å². The predicted octanol–water partition coefficient (Wildman–Crippen LogP) is 4.54. The van der Waals surface area contributed by atoms with Crippen molar-refractivity contribution in [3.63, 3.8) is 0 Å². The minimum atomic E-state index is -0.739. The molecule has 6 heteroatoms. The van der Waals surface area contributed by atoms with Gasteiger partial charge in [-0.1, -0.05) is 18.2 Å². The first kappa shape index (κ1) is 18.1. The maximum Gasteiger partial charge on any atom is 0.379 e. The predicted molar refractivity (Wildman–Crippen MR) is 96.4 cm³/mol. The van der Waals surface area contributed by atoms with Crippen LogP contribution in [-0.4, -0.2) is 18.9 Å². The maximum atomic E-state index is 13.7. The van der Waals surface area contributed by atoms with Crippen molar-refractivity contribution in [2.24, 2.45) is 0 Å². The average molecular weight is 366 g/mol. The van der Waals surface area contributed by atoms with Crippen LogP contribution in [0.1, 0.15) is 26.5 Å². The van der Waals surface area contributed by atoms with Crippen LogP contribution in [0.3, 0.4) is 0 Å². The van der Waals surface area contributed by atoms with E-state index in [1.54, 1.807) is 30.3 Å². The van der Waals surface area contributed by atoms with Crippen LogP contribution >= 0.6 is 0 Å². The molecule has 3 rings (SSSR count). The van der Waals surface area contributed by atoms with Gasteiger partial charge in [0, 0.05) is 5.56 Å². The van der Waals surface area contributed by atoms with E-state index >= 15 is 0 Å². The van der Waals surface area contributed by atoms with Gasteiger partial charge in [-0.2, -0.15) is 0 Å². The van der Waals surface area contributed by atoms with Crippen molar-refractivity contribution in [3.05, 3.63) is 89.6 Å². The number of methoxy groups -OCH3 is 1. The molecule has 0 saturated carbocycles. The van der Waals surface area contributed by atoms with Crippen LogP contribution < -0.4 is 9.47 Å². The van der Waals surface area contributed by atoms with Gasteiger partial charge in [0.1, 0.15) is 17.3 Å². The second-order valence-corrected chi connectivity index (χ2v) is 5.45. The van der Waals surface area contributed by atoms with Crippen LogP contribution in [0.25, 0.3) is 6.08 Å². The summed E-state index contributed by atoms with van der Waals surface area (Å²) in [6.07, 6.45) is 3.90. The van der Waals surface area contributed by atoms with Gasteiger partial charge < -0.3 is 13.9 Å². The van der Waals surface area contributed by atoms with E-state index in [0.717, 1.165) is 0 Å². The number of hydrogen-bond acceptors (Lipinski definition) is 5. The fourth-order valence-electron chi connectivity index (χ4n) is 2.33. The molecule has 0 amide bonds. The molecule has 0 N–H and O–H groups in total. The number of ether oxygens (including phenoxy) is 2.